The highest BCUT2D eigenvalue weighted by atomic mass is 32.2. The number of carbonyl (C=O) groups is 1. The van der Waals surface area contributed by atoms with Gasteiger partial charge in [-0.3, -0.25) is 14.2 Å². The smallest absolute Gasteiger partial charge is 0.253 e. The molecule has 5 rings (SSSR count). The van der Waals surface area contributed by atoms with Gasteiger partial charge in [0.2, 0.25) is 5.78 Å². The molecule has 0 spiro atoms. The van der Waals surface area contributed by atoms with Crippen molar-refractivity contribution in [3.63, 3.8) is 0 Å². The Kier molecular flexibility index (Phi) is 4.83. The van der Waals surface area contributed by atoms with Crippen LogP contribution in [0.1, 0.15) is 10.4 Å². The molecule has 0 aliphatic heterocycles. The lowest BCUT2D eigenvalue weighted by atomic mass is 10.1. The monoisotopic (exact) mass is 429 g/mol. The summed E-state index contributed by atoms with van der Waals surface area (Å²) in [5.74, 6) is -0.491. The average Bonchev–Trinajstić information content (AvgIpc) is 3.20. The molecule has 0 atom stereocenters. The Balaban J connectivity index is 1.51. The highest BCUT2D eigenvalue weighted by Gasteiger charge is 2.13. The van der Waals surface area contributed by atoms with Gasteiger partial charge >= 0.3 is 0 Å². The minimum absolute atomic E-state index is 0.00459. The fourth-order valence-electron chi connectivity index (χ4n) is 3.33. The number of rotatable bonds is 4. The van der Waals surface area contributed by atoms with Crippen LogP contribution in [0.3, 0.4) is 0 Å². The van der Waals surface area contributed by atoms with Crippen molar-refractivity contribution >= 4 is 34.3 Å². The van der Waals surface area contributed by atoms with Crippen LogP contribution in [0.2, 0.25) is 0 Å². The lowest BCUT2D eigenvalue weighted by Crippen LogP contribution is -2.19. The largest absolute Gasteiger partial charge is 0.355 e. The van der Waals surface area contributed by atoms with Crippen LogP contribution in [0.15, 0.2) is 83.2 Å². The third-order valence-electron chi connectivity index (χ3n) is 4.90. The van der Waals surface area contributed by atoms with E-state index in [0.717, 1.165) is 26.4 Å². The van der Waals surface area contributed by atoms with Crippen molar-refractivity contribution in [1.29, 1.82) is 0 Å². The summed E-state index contributed by atoms with van der Waals surface area (Å²) in [4.78, 5) is 25.9. The highest BCUT2D eigenvalue weighted by Crippen LogP contribution is 2.31. The third-order valence-corrected chi connectivity index (χ3v) is 5.90. The molecule has 0 bridgehead atoms. The van der Waals surface area contributed by atoms with Crippen molar-refractivity contribution in [2.75, 3.05) is 7.05 Å². The number of halogens is 1. The fraction of sp³-hybridized carbons (Fsp3) is 0.0435. The molecule has 0 saturated carbocycles. The van der Waals surface area contributed by atoms with Crippen LogP contribution in [0.25, 0.3) is 27.8 Å². The van der Waals surface area contributed by atoms with E-state index in [9.17, 15) is 9.18 Å². The molecule has 0 aliphatic rings. The van der Waals surface area contributed by atoms with E-state index in [4.69, 9.17) is 0 Å². The van der Waals surface area contributed by atoms with Crippen LogP contribution in [0, 0.1) is 5.82 Å². The molecule has 5 aromatic rings. The first-order chi connectivity index (χ1) is 15.1. The molecule has 8 heteroatoms. The summed E-state index contributed by atoms with van der Waals surface area (Å²) in [6.07, 6.45) is 7.05. The van der Waals surface area contributed by atoms with Crippen LogP contribution in [0.5, 0.6) is 0 Å². The number of carbonyl (C=O) groups excluding carboxylic acids is 1. The molecule has 1 N–H and O–H groups in total. The van der Waals surface area contributed by atoms with E-state index in [0.29, 0.717) is 11.3 Å². The second-order valence-corrected chi connectivity index (χ2v) is 7.94. The molecular formula is C23H16FN5OS. The Hall–Kier alpha value is -3.78. The number of imidazole rings is 1. The predicted octanol–water partition coefficient (Wildman–Crippen LogP) is 4.59. The number of fused-ring (bicyclic) bond motifs is 2. The fourth-order valence-corrected chi connectivity index (χ4v) is 4.23. The molecule has 0 saturated heterocycles. The van der Waals surface area contributed by atoms with E-state index in [1.54, 1.807) is 36.4 Å². The summed E-state index contributed by atoms with van der Waals surface area (Å²) in [7, 11) is 1.47. The van der Waals surface area contributed by atoms with Gasteiger partial charge in [0, 0.05) is 41.5 Å². The number of nitrogens with zero attached hydrogens (tertiary/aromatic N) is 4. The molecule has 0 radical (unpaired) electrons. The second-order valence-electron chi connectivity index (χ2n) is 6.84. The summed E-state index contributed by atoms with van der Waals surface area (Å²) in [5, 5.41) is 4.38. The molecule has 0 aliphatic carbocycles. The lowest BCUT2D eigenvalue weighted by molar-refractivity contribution is 0.0959. The topological polar surface area (TPSA) is 72.2 Å². The molecule has 0 fully saturated rings. The normalized spacial score (nSPS) is 11.2. The zero-order valence-electron chi connectivity index (χ0n) is 16.4. The molecule has 31 heavy (non-hydrogen) atoms. The highest BCUT2D eigenvalue weighted by molar-refractivity contribution is 7.99. The number of pyridine rings is 1. The summed E-state index contributed by atoms with van der Waals surface area (Å²) in [6.45, 7) is 0. The maximum Gasteiger partial charge on any atom is 0.253 e. The van der Waals surface area contributed by atoms with Gasteiger partial charge in [0.15, 0.2) is 0 Å². The van der Waals surface area contributed by atoms with Gasteiger partial charge in [0.1, 0.15) is 10.8 Å². The van der Waals surface area contributed by atoms with Gasteiger partial charge in [0.25, 0.3) is 5.91 Å². The second kappa shape index (κ2) is 7.81. The maximum absolute atomic E-state index is 14.4. The van der Waals surface area contributed by atoms with E-state index < -0.39 is 11.7 Å². The van der Waals surface area contributed by atoms with Crippen molar-refractivity contribution in [3.8, 4) is 11.1 Å². The van der Waals surface area contributed by atoms with Crippen molar-refractivity contribution in [3.05, 3.63) is 84.7 Å². The minimum Gasteiger partial charge on any atom is -0.355 e. The number of hydrogen-bond donors (Lipinski definition) is 1. The Morgan fingerprint density at radius 1 is 1.03 bits per heavy atom. The molecular weight excluding hydrogens is 413 g/mol. The Labute approximate surface area is 181 Å². The molecule has 2 aromatic carbocycles. The summed E-state index contributed by atoms with van der Waals surface area (Å²) >= 11 is 1.56. The SMILES string of the molecule is CNC(=O)c1ccc(-c2cnc3ncc(Sc4ccc5ncccc5c4)n3c2)cc1F. The van der Waals surface area contributed by atoms with E-state index in [1.807, 2.05) is 34.9 Å². The first kappa shape index (κ1) is 19.2. The molecule has 152 valence electrons. The molecule has 3 aromatic heterocycles. The zero-order valence-corrected chi connectivity index (χ0v) is 17.2. The summed E-state index contributed by atoms with van der Waals surface area (Å²) < 4.78 is 16.3. The predicted molar refractivity (Wildman–Crippen MR) is 118 cm³/mol. The van der Waals surface area contributed by atoms with Crippen molar-refractivity contribution in [2.24, 2.45) is 0 Å². The Morgan fingerprint density at radius 3 is 2.74 bits per heavy atom. The van der Waals surface area contributed by atoms with Gasteiger partial charge in [-0.25, -0.2) is 14.4 Å². The lowest BCUT2D eigenvalue weighted by Gasteiger charge is -2.07. The van der Waals surface area contributed by atoms with Gasteiger partial charge in [-0.15, -0.1) is 0 Å². The van der Waals surface area contributed by atoms with Gasteiger partial charge in [-0.1, -0.05) is 23.9 Å². The minimum atomic E-state index is -0.582. The van der Waals surface area contributed by atoms with E-state index in [1.165, 1.54) is 19.2 Å². The van der Waals surface area contributed by atoms with Gasteiger partial charge in [0.05, 0.1) is 17.3 Å². The van der Waals surface area contributed by atoms with Crippen LogP contribution in [0.4, 0.5) is 4.39 Å². The van der Waals surface area contributed by atoms with Crippen LogP contribution in [-0.4, -0.2) is 32.3 Å². The van der Waals surface area contributed by atoms with Gasteiger partial charge in [-0.05, 0) is 42.0 Å². The van der Waals surface area contributed by atoms with Crippen molar-refractivity contribution in [2.45, 2.75) is 9.92 Å². The van der Waals surface area contributed by atoms with Crippen LogP contribution in [-0.2, 0) is 0 Å². The molecule has 3 heterocycles. The number of hydrogen-bond acceptors (Lipinski definition) is 5. The number of aromatic nitrogens is 4. The summed E-state index contributed by atoms with van der Waals surface area (Å²) in [5.41, 5.74) is 2.29. The molecule has 1 amide bonds. The van der Waals surface area contributed by atoms with Crippen LogP contribution >= 0.6 is 11.8 Å². The standard InChI is InChI=1S/C23H16FN5OS/c1-25-22(30)18-6-4-14(10-19(18)24)16-11-27-23-28-12-21(29(23)13-16)31-17-5-7-20-15(9-17)3-2-8-26-20/h2-13H,1H3,(H,25,30). The molecule has 6 nitrogen and oxygen atoms in total. The zero-order chi connectivity index (χ0) is 21.4. The van der Waals surface area contributed by atoms with E-state index in [-0.39, 0.29) is 5.56 Å². The Morgan fingerprint density at radius 2 is 1.90 bits per heavy atom. The number of benzene rings is 2. The number of nitrogens with one attached hydrogen (secondary N) is 1. The maximum atomic E-state index is 14.4. The average molecular weight is 429 g/mol. The van der Waals surface area contributed by atoms with Crippen molar-refractivity contribution in [1.82, 2.24) is 24.7 Å². The molecule has 0 unspecified atom stereocenters. The Bertz CT molecular complexity index is 1450. The first-order valence-electron chi connectivity index (χ1n) is 9.50. The van der Waals surface area contributed by atoms with E-state index >= 15 is 0 Å². The van der Waals surface area contributed by atoms with Gasteiger partial charge in [-0.2, -0.15) is 0 Å². The van der Waals surface area contributed by atoms with Crippen LogP contribution < -0.4 is 5.32 Å². The van der Waals surface area contributed by atoms with E-state index in [2.05, 4.69) is 26.3 Å². The quantitative estimate of drug-likeness (QED) is 0.452. The van der Waals surface area contributed by atoms with Gasteiger partial charge < -0.3 is 5.32 Å². The third kappa shape index (κ3) is 3.62. The van der Waals surface area contributed by atoms with Crippen molar-refractivity contribution < 1.29 is 9.18 Å². The first-order valence-corrected chi connectivity index (χ1v) is 10.3. The summed E-state index contributed by atoms with van der Waals surface area (Å²) in [6, 6.07) is 14.5. The number of amides is 1.